The first-order chi connectivity index (χ1) is 13.0. The maximum Gasteiger partial charge on any atom is 0.254 e. The van der Waals surface area contributed by atoms with Crippen molar-refractivity contribution in [2.45, 2.75) is 52.0 Å². The van der Waals surface area contributed by atoms with Gasteiger partial charge in [-0.15, -0.1) is 11.3 Å². The number of anilines is 1. The van der Waals surface area contributed by atoms with Crippen LogP contribution in [0.1, 0.15) is 60.1 Å². The van der Waals surface area contributed by atoms with Crippen LogP contribution in [-0.4, -0.2) is 28.2 Å². The molecule has 1 fully saturated rings. The summed E-state index contributed by atoms with van der Waals surface area (Å²) < 4.78 is 0. The minimum absolute atomic E-state index is 0.00964. The van der Waals surface area contributed by atoms with Gasteiger partial charge in [0.2, 0.25) is 5.91 Å². The van der Waals surface area contributed by atoms with Gasteiger partial charge in [-0.05, 0) is 36.8 Å². The highest BCUT2D eigenvalue weighted by Gasteiger charge is 2.39. The van der Waals surface area contributed by atoms with E-state index >= 15 is 0 Å². The third kappa shape index (κ3) is 3.90. The molecular formula is C21H25N3O2S. The van der Waals surface area contributed by atoms with Gasteiger partial charge < -0.3 is 10.2 Å². The van der Waals surface area contributed by atoms with Crippen LogP contribution < -0.4 is 5.32 Å². The Morgan fingerprint density at radius 1 is 1.26 bits per heavy atom. The number of carbonyl (C=O) groups excluding carboxylic acids is 2. The van der Waals surface area contributed by atoms with Crippen molar-refractivity contribution in [1.82, 2.24) is 9.88 Å². The Morgan fingerprint density at radius 2 is 2.04 bits per heavy atom. The highest BCUT2D eigenvalue weighted by atomic mass is 32.1. The summed E-state index contributed by atoms with van der Waals surface area (Å²) in [4.78, 5) is 31.8. The molecule has 1 aliphatic heterocycles. The second-order valence-electron chi connectivity index (χ2n) is 7.90. The van der Waals surface area contributed by atoms with E-state index in [-0.39, 0.29) is 17.2 Å². The SMILES string of the molecule is Cc1csc(NC(=O)CC2(CN3Cc4ccccc4C3=O)CCCCC2)n1. The summed E-state index contributed by atoms with van der Waals surface area (Å²) in [5.41, 5.74) is 2.69. The monoisotopic (exact) mass is 383 g/mol. The lowest BCUT2D eigenvalue weighted by atomic mass is 9.71. The molecule has 2 heterocycles. The standard InChI is InChI=1S/C21H25N3O2S/c1-15-13-27-20(22-15)23-18(25)11-21(9-5-2-6-10-21)14-24-12-16-7-3-4-8-17(16)19(24)26/h3-4,7-8,13H,2,5-6,9-12,14H2,1H3,(H,22,23,25). The van der Waals surface area contributed by atoms with Gasteiger partial charge in [-0.1, -0.05) is 37.5 Å². The van der Waals surface area contributed by atoms with Gasteiger partial charge in [0.05, 0.1) is 5.69 Å². The summed E-state index contributed by atoms with van der Waals surface area (Å²) in [6, 6.07) is 7.83. The molecule has 0 spiro atoms. The summed E-state index contributed by atoms with van der Waals surface area (Å²) >= 11 is 1.46. The van der Waals surface area contributed by atoms with E-state index in [0.717, 1.165) is 42.5 Å². The van der Waals surface area contributed by atoms with E-state index in [2.05, 4.69) is 10.3 Å². The van der Waals surface area contributed by atoms with Crippen LogP contribution in [0, 0.1) is 12.3 Å². The van der Waals surface area contributed by atoms with Crippen LogP contribution in [0.4, 0.5) is 5.13 Å². The molecule has 2 amide bonds. The van der Waals surface area contributed by atoms with Crippen molar-refractivity contribution >= 4 is 28.3 Å². The third-order valence-corrected chi connectivity index (χ3v) is 6.61. The van der Waals surface area contributed by atoms with Crippen LogP contribution in [0.25, 0.3) is 0 Å². The maximum atomic E-state index is 12.8. The molecule has 2 aromatic rings. The fraction of sp³-hybridized carbons (Fsp3) is 0.476. The first kappa shape index (κ1) is 18.2. The van der Waals surface area contributed by atoms with Gasteiger partial charge in [-0.3, -0.25) is 9.59 Å². The Kier molecular flexibility index (Phi) is 5.00. The van der Waals surface area contributed by atoms with Gasteiger partial charge in [-0.25, -0.2) is 4.98 Å². The molecule has 1 aromatic carbocycles. The van der Waals surface area contributed by atoms with Crippen LogP contribution in [0.3, 0.4) is 0 Å². The van der Waals surface area contributed by atoms with Crippen LogP contribution >= 0.6 is 11.3 Å². The zero-order valence-electron chi connectivity index (χ0n) is 15.7. The van der Waals surface area contributed by atoms with Crippen LogP contribution in [0.5, 0.6) is 0 Å². The molecule has 1 aliphatic carbocycles. The molecule has 1 saturated carbocycles. The molecule has 0 radical (unpaired) electrons. The second kappa shape index (κ2) is 7.43. The number of nitrogens with zero attached hydrogens (tertiary/aromatic N) is 2. The molecule has 4 rings (SSSR count). The smallest absolute Gasteiger partial charge is 0.254 e. The number of nitrogens with one attached hydrogen (secondary N) is 1. The summed E-state index contributed by atoms with van der Waals surface area (Å²) in [5.74, 6) is 0.113. The number of thiazole rings is 1. The number of benzene rings is 1. The van der Waals surface area contributed by atoms with Crippen molar-refractivity contribution in [2.75, 3.05) is 11.9 Å². The predicted molar refractivity (Wildman–Crippen MR) is 107 cm³/mol. The van der Waals surface area contributed by atoms with Crippen LogP contribution in [0.15, 0.2) is 29.6 Å². The van der Waals surface area contributed by atoms with Crippen molar-refractivity contribution in [3.05, 3.63) is 46.5 Å². The Labute approximate surface area is 163 Å². The number of hydrogen-bond donors (Lipinski definition) is 1. The Morgan fingerprint density at radius 3 is 2.74 bits per heavy atom. The Bertz CT molecular complexity index is 855. The van der Waals surface area contributed by atoms with Gasteiger partial charge in [0.25, 0.3) is 5.91 Å². The largest absolute Gasteiger partial charge is 0.334 e. The minimum Gasteiger partial charge on any atom is -0.334 e. The van der Waals surface area contributed by atoms with E-state index in [0.29, 0.717) is 24.6 Å². The lowest BCUT2D eigenvalue weighted by Crippen LogP contribution is -2.41. The van der Waals surface area contributed by atoms with Crippen molar-refractivity contribution < 1.29 is 9.59 Å². The van der Waals surface area contributed by atoms with Gasteiger partial charge in [0.15, 0.2) is 5.13 Å². The second-order valence-corrected chi connectivity index (χ2v) is 8.76. The average molecular weight is 384 g/mol. The van der Waals surface area contributed by atoms with E-state index in [1.165, 1.54) is 17.8 Å². The van der Waals surface area contributed by atoms with Crippen molar-refractivity contribution in [1.29, 1.82) is 0 Å². The number of hydrogen-bond acceptors (Lipinski definition) is 4. The summed E-state index contributed by atoms with van der Waals surface area (Å²) in [7, 11) is 0. The minimum atomic E-state index is -0.133. The molecule has 142 valence electrons. The number of aromatic nitrogens is 1. The average Bonchev–Trinajstić information content (AvgIpc) is 3.19. The fourth-order valence-corrected chi connectivity index (χ4v) is 5.16. The molecule has 27 heavy (non-hydrogen) atoms. The number of amides is 2. The lowest BCUT2D eigenvalue weighted by molar-refractivity contribution is -0.119. The zero-order chi connectivity index (χ0) is 18.9. The summed E-state index contributed by atoms with van der Waals surface area (Å²) in [5, 5.41) is 5.55. The van der Waals surface area contributed by atoms with Gasteiger partial charge >= 0.3 is 0 Å². The number of carbonyl (C=O) groups is 2. The molecule has 1 N–H and O–H groups in total. The molecule has 1 aromatic heterocycles. The summed E-state index contributed by atoms with van der Waals surface area (Å²) in [6.07, 6.45) is 5.90. The molecule has 0 saturated heterocycles. The van der Waals surface area contributed by atoms with Crippen molar-refractivity contribution in [3.8, 4) is 0 Å². The molecule has 0 atom stereocenters. The lowest BCUT2D eigenvalue weighted by Gasteiger charge is -2.39. The molecule has 0 bridgehead atoms. The first-order valence-electron chi connectivity index (χ1n) is 9.64. The third-order valence-electron chi connectivity index (χ3n) is 5.74. The number of aryl methyl sites for hydroxylation is 1. The number of fused-ring (bicyclic) bond motifs is 1. The van der Waals surface area contributed by atoms with Crippen molar-refractivity contribution in [2.24, 2.45) is 5.41 Å². The molecular weight excluding hydrogens is 358 g/mol. The quantitative estimate of drug-likeness (QED) is 0.833. The highest BCUT2D eigenvalue weighted by Crippen LogP contribution is 2.41. The fourth-order valence-electron chi connectivity index (χ4n) is 4.46. The number of rotatable bonds is 5. The van der Waals surface area contributed by atoms with E-state index in [4.69, 9.17) is 0 Å². The normalized spacial score (nSPS) is 18.4. The Balaban J connectivity index is 1.47. The topological polar surface area (TPSA) is 62.3 Å². The van der Waals surface area contributed by atoms with E-state index in [9.17, 15) is 9.59 Å². The van der Waals surface area contributed by atoms with E-state index in [1.807, 2.05) is 41.5 Å². The van der Waals surface area contributed by atoms with Gasteiger partial charge in [0, 0.05) is 30.5 Å². The van der Waals surface area contributed by atoms with Crippen LogP contribution in [0.2, 0.25) is 0 Å². The molecule has 0 unspecified atom stereocenters. The summed E-state index contributed by atoms with van der Waals surface area (Å²) in [6.45, 7) is 3.24. The van der Waals surface area contributed by atoms with Gasteiger partial charge in [0.1, 0.15) is 0 Å². The first-order valence-corrected chi connectivity index (χ1v) is 10.5. The van der Waals surface area contributed by atoms with Crippen molar-refractivity contribution in [3.63, 3.8) is 0 Å². The maximum absolute atomic E-state index is 12.8. The van der Waals surface area contributed by atoms with E-state index in [1.54, 1.807) is 0 Å². The Hall–Kier alpha value is -2.21. The van der Waals surface area contributed by atoms with Crippen LogP contribution in [-0.2, 0) is 11.3 Å². The van der Waals surface area contributed by atoms with E-state index < -0.39 is 0 Å². The predicted octanol–water partition coefficient (Wildman–Crippen LogP) is 4.39. The molecule has 6 heteroatoms. The molecule has 2 aliphatic rings. The highest BCUT2D eigenvalue weighted by molar-refractivity contribution is 7.13. The van der Waals surface area contributed by atoms with Gasteiger partial charge in [-0.2, -0.15) is 0 Å². The zero-order valence-corrected chi connectivity index (χ0v) is 16.5. The molecule has 5 nitrogen and oxygen atoms in total.